The van der Waals surface area contributed by atoms with Gasteiger partial charge in [-0.05, 0) is 18.9 Å². The molecule has 2 heterocycles. The summed E-state index contributed by atoms with van der Waals surface area (Å²) in [5.41, 5.74) is 0.672. The summed E-state index contributed by atoms with van der Waals surface area (Å²) in [6, 6.07) is 1.67. The van der Waals surface area contributed by atoms with Gasteiger partial charge in [0, 0.05) is 25.3 Å². The van der Waals surface area contributed by atoms with Crippen LogP contribution in [0.5, 0.6) is 0 Å². The summed E-state index contributed by atoms with van der Waals surface area (Å²) >= 11 is 0. The molecule has 0 aromatic carbocycles. The summed E-state index contributed by atoms with van der Waals surface area (Å²) in [5, 5.41) is 12.0. The van der Waals surface area contributed by atoms with Crippen molar-refractivity contribution in [3.63, 3.8) is 0 Å². The molecule has 1 atom stereocenters. The lowest BCUT2D eigenvalue weighted by Crippen LogP contribution is -2.26. The highest BCUT2D eigenvalue weighted by atomic mass is 16.5. The Bertz CT molecular complexity index is 355. The number of furan rings is 1. The molecule has 1 aromatic heterocycles. The number of nitrogens with one attached hydrogen (secondary N) is 1. The van der Waals surface area contributed by atoms with E-state index in [1.54, 1.807) is 6.07 Å². The molecule has 1 aliphatic rings. The summed E-state index contributed by atoms with van der Waals surface area (Å²) in [6.07, 6.45) is 3.84. The number of aromatic carboxylic acids is 1. The lowest BCUT2D eigenvalue weighted by molar-refractivity contribution is 0.0660. The highest BCUT2D eigenvalue weighted by Crippen LogP contribution is 2.12. The maximum atomic E-state index is 10.8. The second-order valence-corrected chi connectivity index (χ2v) is 3.85. The van der Waals surface area contributed by atoms with Crippen molar-refractivity contribution in [1.29, 1.82) is 0 Å². The topological polar surface area (TPSA) is 71.7 Å². The van der Waals surface area contributed by atoms with Gasteiger partial charge in [-0.15, -0.1) is 0 Å². The molecule has 88 valence electrons. The molecule has 0 radical (unpaired) electrons. The molecule has 5 heteroatoms. The third-order valence-corrected chi connectivity index (χ3v) is 2.65. The Morgan fingerprint density at radius 2 is 2.50 bits per heavy atom. The van der Waals surface area contributed by atoms with E-state index < -0.39 is 5.97 Å². The van der Waals surface area contributed by atoms with E-state index in [0.29, 0.717) is 12.1 Å². The summed E-state index contributed by atoms with van der Waals surface area (Å²) in [4.78, 5) is 10.8. The van der Waals surface area contributed by atoms with Crippen LogP contribution in [0.15, 0.2) is 16.7 Å². The molecule has 1 unspecified atom stereocenters. The first-order valence-corrected chi connectivity index (χ1v) is 5.39. The van der Waals surface area contributed by atoms with Crippen molar-refractivity contribution in [2.75, 3.05) is 13.2 Å². The van der Waals surface area contributed by atoms with Gasteiger partial charge in [-0.25, -0.2) is 4.79 Å². The van der Waals surface area contributed by atoms with E-state index in [0.717, 1.165) is 26.0 Å². The van der Waals surface area contributed by atoms with Crippen LogP contribution in [0.1, 0.15) is 29.0 Å². The van der Waals surface area contributed by atoms with Gasteiger partial charge in [-0.2, -0.15) is 0 Å². The maximum absolute atomic E-state index is 10.8. The molecular formula is C11H15NO4. The Labute approximate surface area is 93.4 Å². The zero-order valence-corrected chi connectivity index (χ0v) is 8.94. The van der Waals surface area contributed by atoms with Crippen molar-refractivity contribution in [1.82, 2.24) is 5.32 Å². The number of rotatable bonds is 5. The van der Waals surface area contributed by atoms with Gasteiger partial charge >= 0.3 is 5.97 Å². The molecule has 0 spiro atoms. The van der Waals surface area contributed by atoms with Gasteiger partial charge in [0.15, 0.2) is 0 Å². The molecule has 1 saturated heterocycles. The number of hydrogen-bond acceptors (Lipinski definition) is 4. The van der Waals surface area contributed by atoms with Crippen LogP contribution in [0, 0.1) is 0 Å². The van der Waals surface area contributed by atoms with E-state index in [1.807, 2.05) is 0 Å². The minimum atomic E-state index is -1.03. The smallest absolute Gasteiger partial charge is 0.372 e. The quantitative estimate of drug-likeness (QED) is 0.789. The van der Waals surface area contributed by atoms with Crippen molar-refractivity contribution < 1.29 is 19.1 Å². The van der Waals surface area contributed by atoms with Gasteiger partial charge in [0.2, 0.25) is 5.76 Å². The largest absolute Gasteiger partial charge is 0.475 e. The van der Waals surface area contributed by atoms with Crippen molar-refractivity contribution in [3.05, 3.63) is 23.7 Å². The van der Waals surface area contributed by atoms with Crippen molar-refractivity contribution in [2.45, 2.75) is 25.5 Å². The van der Waals surface area contributed by atoms with Gasteiger partial charge in [0.1, 0.15) is 0 Å². The molecule has 0 saturated carbocycles. The fraction of sp³-hybridized carbons (Fsp3) is 0.545. The Morgan fingerprint density at radius 1 is 1.62 bits per heavy atom. The van der Waals surface area contributed by atoms with E-state index >= 15 is 0 Å². The lowest BCUT2D eigenvalue weighted by Gasteiger charge is -2.09. The van der Waals surface area contributed by atoms with E-state index in [4.69, 9.17) is 14.3 Å². The van der Waals surface area contributed by atoms with Crippen LogP contribution in [0.2, 0.25) is 0 Å². The highest BCUT2D eigenvalue weighted by Gasteiger charge is 2.16. The summed E-state index contributed by atoms with van der Waals surface area (Å²) in [7, 11) is 0. The maximum Gasteiger partial charge on any atom is 0.372 e. The molecule has 1 fully saturated rings. The zero-order valence-electron chi connectivity index (χ0n) is 8.94. The van der Waals surface area contributed by atoms with Gasteiger partial charge in [0.05, 0.1) is 12.4 Å². The first-order valence-electron chi connectivity index (χ1n) is 5.39. The molecular weight excluding hydrogens is 210 g/mol. The number of hydrogen-bond donors (Lipinski definition) is 2. The van der Waals surface area contributed by atoms with Crippen LogP contribution in [0.4, 0.5) is 0 Å². The lowest BCUT2D eigenvalue weighted by atomic mass is 10.2. The highest BCUT2D eigenvalue weighted by molar-refractivity contribution is 5.86. The standard InChI is InChI=1S/C11H15NO4/c13-11(14)10-8(3-5-16-10)6-12-7-9-2-1-4-15-9/h3,5,9,12H,1-2,4,6-7H2,(H,13,14). The average Bonchev–Trinajstić information content (AvgIpc) is 2.87. The van der Waals surface area contributed by atoms with Crippen LogP contribution in [0.25, 0.3) is 0 Å². The normalized spacial score (nSPS) is 20.1. The van der Waals surface area contributed by atoms with Gasteiger partial charge in [-0.1, -0.05) is 0 Å². The Hall–Kier alpha value is -1.33. The molecule has 5 nitrogen and oxygen atoms in total. The number of carbonyl (C=O) groups is 1. The third-order valence-electron chi connectivity index (χ3n) is 2.65. The van der Waals surface area contributed by atoms with Crippen LogP contribution in [-0.2, 0) is 11.3 Å². The van der Waals surface area contributed by atoms with E-state index in [-0.39, 0.29) is 11.9 Å². The first-order chi connectivity index (χ1) is 7.77. The van der Waals surface area contributed by atoms with Crippen LogP contribution in [0.3, 0.4) is 0 Å². The molecule has 0 bridgehead atoms. The molecule has 1 aromatic rings. The SMILES string of the molecule is O=C(O)c1occc1CNCC1CCCO1. The van der Waals surface area contributed by atoms with E-state index in [2.05, 4.69) is 5.32 Å². The van der Waals surface area contributed by atoms with E-state index in [1.165, 1.54) is 6.26 Å². The molecule has 0 aliphatic carbocycles. The number of carboxylic acids is 1. The molecule has 0 amide bonds. The van der Waals surface area contributed by atoms with Gasteiger partial charge in [0.25, 0.3) is 0 Å². The fourth-order valence-corrected chi connectivity index (χ4v) is 1.84. The molecule has 1 aliphatic heterocycles. The summed E-state index contributed by atoms with van der Waals surface area (Å²) in [5.74, 6) is -1.02. The second kappa shape index (κ2) is 5.14. The van der Waals surface area contributed by atoms with E-state index in [9.17, 15) is 4.79 Å². The van der Waals surface area contributed by atoms with Crippen molar-refractivity contribution >= 4 is 5.97 Å². The summed E-state index contributed by atoms with van der Waals surface area (Å²) < 4.78 is 10.3. The fourth-order valence-electron chi connectivity index (χ4n) is 1.84. The Kier molecular flexibility index (Phi) is 3.58. The predicted octanol–water partition coefficient (Wildman–Crippen LogP) is 1.25. The van der Waals surface area contributed by atoms with Gasteiger partial charge in [-0.3, -0.25) is 0 Å². The monoisotopic (exact) mass is 225 g/mol. The van der Waals surface area contributed by atoms with Gasteiger partial charge < -0.3 is 19.6 Å². The Balaban J connectivity index is 1.80. The summed E-state index contributed by atoms with van der Waals surface area (Å²) in [6.45, 7) is 2.08. The van der Waals surface area contributed by atoms with Crippen LogP contribution < -0.4 is 5.32 Å². The number of carboxylic acid groups (broad SMARTS) is 1. The minimum Gasteiger partial charge on any atom is -0.475 e. The average molecular weight is 225 g/mol. The zero-order chi connectivity index (χ0) is 11.4. The van der Waals surface area contributed by atoms with Crippen LogP contribution >= 0.6 is 0 Å². The predicted molar refractivity (Wildman–Crippen MR) is 56.3 cm³/mol. The van der Waals surface area contributed by atoms with Crippen molar-refractivity contribution in [2.24, 2.45) is 0 Å². The Morgan fingerprint density at radius 3 is 3.19 bits per heavy atom. The number of ether oxygens (including phenoxy) is 1. The van der Waals surface area contributed by atoms with Crippen LogP contribution in [-0.4, -0.2) is 30.3 Å². The first kappa shape index (κ1) is 11.2. The second-order valence-electron chi connectivity index (χ2n) is 3.85. The molecule has 2 rings (SSSR count). The third kappa shape index (κ3) is 2.62. The molecule has 2 N–H and O–H groups in total. The minimum absolute atomic E-state index is 0.0137. The molecule has 16 heavy (non-hydrogen) atoms. The van der Waals surface area contributed by atoms with Crippen molar-refractivity contribution in [3.8, 4) is 0 Å².